The molecule has 0 heterocycles. The molecule has 26 heavy (non-hydrogen) atoms. The highest BCUT2D eigenvalue weighted by Gasteiger charge is 2.30. The van der Waals surface area contributed by atoms with Gasteiger partial charge in [-0.2, -0.15) is 0 Å². The first-order chi connectivity index (χ1) is 12.6. The van der Waals surface area contributed by atoms with Gasteiger partial charge in [0, 0.05) is 29.2 Å². The van der Waals surface area contributed by atoms with E-state index in [0.717, 1.165) is 30.1 Å². The second-order valence-corrected chi connectivity index (χ2v) is 8.98. The Balaban J connectivity index is 1.59. The van der Waals surface area contributed by atoms with Crippen molar-refractivity contribution < 1.29 is 0 Å². The lowest BCUT2D eigenvalue weighted by atomic mass is 9.80. The maximum Gasteiger partial charge on any atom is 0.0485 e. The number of hydrazine groups is 1. The first-order valence-electron chi connectivity index (χ1n) is 10.2. The minimum absolute atomic E-state index is 0.0313. The predicted molar refractivity (Wildman–Crippen MR) is 114 cm³/mol. The van der Waals surface area contributed by atoms with E-state index in [1.807, 2.05) is 0 Å². The maximum absolute atomic E-state index is 3.79. The SMILES string of the molecule is C[C@H]1CC[C@H](C)[C@H](NNC2=CC(CBr)(NCc3ccccc3)CCC2)C1. The quantitative estimate of drug-likeness (QED) is 0.434. The number of hydrogen-bond donors (Lipinski definition) is 3. The zero-order chi connectivity index (χ0) is 18.4. The van der Waals surface area contributed by atoms with Crippen LogP contribution in [0.4, 0.5) is 0 Å². The third kappa shape index (κ3) is 5.34. The zero-order valence-corrected chi connectivity index (χ0v) is 17.8. The fraction of sp³-hybridized carbons (Fsp3) is 0.636. The molecule has 1 fully saturated rings. The summed E-state index contributed by atoms with van der Waals surface area (Å²) in [6.07, 6.45) is 9.92. The van der Waals surface area contributed by atoms with Crippen LogP contribution >= 0.6 is 15.9 Å². The highest BCUT2D eigenvalue weighted by Crippen LogP contribution is 2.30. The molecule has 1 aromatic rings. The van der Waals surface area contributed by atoms with Gasteiger partial charge in [-0.15, -0.1) is 0 Å². The third-order valence-corrected chi connectivity index (χ3v) is 7.12. The fourth-order valence-electron chi connectivity index (χ4n) is 4.26. The highest BCUT2D eigenvalue weighted by atomic mass is 79.9. The average Bonchev–Trinajstić information content (AvgIpc) is 2.68. The summed E-state index contributed by atoms with van der Waals surface area (Å²) in [4.78, 5) is 0. The fourth-order valence-corrected chi connectivity index (χ4v) is 4.90. The minimum Gasteiger partial charge on any atom is -0.326 e. The molecule has 0 aromatic heterocycles. The van der Waals surface area contributed by atoms with Crippen LogP contribution in [-0.4, -0.2) is 16.9 Å². The summed E-state index contributed by atoms with van der Waals surface area (Å²) < 4.78 is 0. The number of allylic oxidation sites excluding steroid dienone is 1. The number of nitrogens with one attached hydrogen (secondary N) is 3. The highest BCUT2D eigenvalue weighted by molar-refractivity contribution is 9.09. The first kappa shape index (κ1) is 19.9. The molecule has 3 N–H and O–H groups in total. The van der Waals surface area contributed by atoms with Crippen LogP contribution < -0.4 is 16.2 Å². The topological polar surface area (TPSA) is 36.1 Å². The molecular weight excluding hydrogens is 386 g/mol. The molecule has 2 aliphatic carbocycles. The summed E-state index contributed by atoms with van der Waals surface area (Å²) in [5, 5.41) is 4.73. The Bertz CT molecular complexity index is 588. The van der Waals surface area contributed by atoms with E-state index < -0.39 is 0 Å². The van der Waals surface area contributed by atoms with Crippen molar-refractivity contribution in [3.63, 3.8) is 0 Å². The second kappa shape index (κ2) is 9.38. The first-order valence-corrected chi connectivity index (χ1v) is 11.3. The van der Waals surface area contributed by atoms with Crippen LogP contribution in [0.5, 0.6) is 0 Å². The smallest absolute Gasteiger partial charge is 0.0485 e. The van der Waals surface area contributed by atoms with Gasteiger partial charge >= 0.3 is 0 Å². The zero-order valence-electron chi connectivity index (χ0n) is 16.2. The molecule has 0 bridgehead atoms. The molecule has 3 nitrogen and oxygen atoms in total. The molecule has 1 aromatic carbocycles. The van der Waals surface area contributed by atoms with Gasteiger partial charge in [-0.25, -0.2) is 5.43 Å². The number of hydrogen-bond acceptors (Lipinski definition) is 3. The van der Waals surface area contributed by atoms with E-state index in [-0.39, 0.29) is 5.54 Å². The lowest BCUT2D eigenvalue weighted by Gasteiger charge is -2.37. The standard InChI is InChI=1S/C22H34BrN3/c1-17-10-11-18(2)21(13-17)26-25-20-9-6-12-22(14-20,16-23)24-15-19-7-4-3-5-8-19/h3-5,7-8,14,17-18,21,24-26H,6,9-13,15-16H2,1-2H3/t17-,18-,21+,22?/m0/s1. The largest absolute Gasteiger partial charge is 0.326 e. The monoisotopic (exact) mass is 419 g/mol. The Morgan fingerprint density at radius 2 is 1.96 bits per heavy atom. The van der Waals surface area contributed by atoms with Crippen molar-refractivity contribution in [2.75, 3.05) is 5.33 Å². The Kier molecular flexibility index (Phi) is 7.19. The van der Waals surface area contributed by atoms with Gasteiger partial charge in [-0.3, -0.25) is 0 Å². The van der Waals surface area contributed by atoms with Gasteiger partial charge in [-0.1, -0.05) is 66.5 Å². The second-order valence-electron chi connectivity index (χ2n) is 8.42. The van der Waals surface area contributed by atoms with Crippen molar-refractivity contribution in [1.82, 2.24) is 16.2 Å². The molecular formula is C22H34BrN3. The molecule has 1 unspecified atom stereocenters. The number of benzene rings is 1. The summed E-state index contributed by atoms with van der Waals surface area (Å²) >= 11 is 3.76. The molecule has 0 spiro atoms. The number of alkyl halides is 1. The van der Waals surface area contributed by atoms with Crippen LogP contribution in [0.2, 0.25) is 0 Å². The van der Waals surface area contributed by atoms with Gasteiger partial charge in [0.2, 0.25) is 0 Å². The maximum atomic E-state index is 3.79. The third-order valence-electron chi connectivity index (χ3n) is 6.12. The summed E-state index contributed by atoms with van der Waals surface area (Å²) in [5.41, 5.74) is 9.93. The summed E-state index contributed by atoms with van der Waals surface area (Å²) in [7, 11) is 0. The Morgan fingerprint density at radius 1 is 1.15 bits per heavy atom. The number of halogens is 1. The van der Waals surface area contributed by atoms with E-state index in [1.165, 1.54) is 43.4 Å². The van der Waals surface area contributed by atoms with E-state index in [9.17, 15) is 0 Å². The lowest BCUT2D eigenvalue weighted by Crippen LogP contribution is -2.50. The van der Waals surface area contributed by atoms with Gasteiger partial charge in [0.15, 0.2) is 0 Å². The van der Waals surface area contributed by atoms with Crippen LogP contribution in [0, 0.1) is 11.8 Å². The van der Waals surface area contributed by atoms with Gasteiger partial charge in [-0.05, 0) is 55.6 Å². The molecule has 4 heteroatoms. The van der Waals surface area contributed by atoms with E-state index in [0.29, 0.717) is 6.04 Å². The van der Waals surface area contributed by atoms with Crippen molar-refractivity contribution in [1.29, 1.82) is 0 Å². The van der Waals surface area contributed by atoms with Crippen LogP contribution in [0.25, 0.3) is 0 Å². The summed E-state index contributed by atoms with van der Waals surface area (Å²) in [5.74, 6) is 1.58. The van der Waals surface area contributed by atoms with Crippen LogP contribution in [0.3, 0.4) is 0 Å². The van der Waals surface area contributed by atoms with Gasteiger partial charge in [0.05, 0.1) is 0 Å². The van der Waals surface area contributed by atoms with E-state index in [4.69, 9.17) is 0 Å². The van der Waals surface area contributed by atoms with Gasteiger partial charge < -0.3 is 10.7 Å². The van der Waals surface area contributed by atoms with Gasteiger partial charge in [0.1, 0.15) is 0 Å². The summed E-state index contributed by atoms with van der Waals surface area (Å²) in [6.45, 7) is 5.66. The molecule has 1 saturated carbocycles. The molecule has 4 atom stereocenters. The number of rotatable bonds is 7. The Morgan fingerprint density at radius 3 is 2.73 bits per heavy atom. The normalized spacial score (nSPS) is 32.1. The van der Waals surface area contributed by atoms with Crippen LogP contribution in [0.1, 0.15) is 57.9 Å². The van der Waals surface area contributed by atoms with Crippen molar-refractivity contribution in [2.45, 2.75) is 70.5 Å². The lowest BCUT2D eigenvalue weighted by molar-refractivity contribution is 0.214. The molecule has 0 amide bonds. The molecule has 0 saturated heterocycles. The van der Waals surface area contributed by atoms with E-state index in [2.05, 4.69) is 82.4 Å². The van der Waals surface area contributed by atoms with Crippen molar-refractivity contribution in [2.24, 2.45) is 11.8 Å². The molecule has 0 radical (unpaired) electrons. The van der Waals surface area contributed by atoms with E-state index >= 15 is 0 Å². The molecule has 0 aliphatic heterocycles. The van der Waals surface area contributed by atoms with Gasteiger partial charge in [0.25, 0.3) is 0 Å². The van der Waals surface area contributed by atoms with Crippen LogP contribution in [0.15, 0.2) is 42.1 Å². The average molecular weight is 420 g/mol. The Hall–Kier alpha value is -0.840. The predicted octanol–water partition coefficient (Wildman–Crippen LogP) is 4.90. The molecule has 144 valence electrons. The van der Waals surface area contributed by atoms with Crippen LogP contribution in [-0.2, 0) is 6.54 Å². The van der Waals surface area contributed by atoms with Crippen molar-refractivity contribution in [3.05, 3.63) is 47.7 Å². The minimum atomic E-state index is 0.0313. The molecule has 2 aliphatic rings. The van der Waals surface area contributed by atoms with Crippen molar-refractivity contribution in [3.8, 4) is 0 Å². The molecule has 3 rings (SSSR count). The Labute approximate surface area is 167 Å². The van der Waals surface area contributed by atoms with E-state index in [1.54, 1.807) is 0 Å². The summed E-state index contributed by atoms with van der Waals surface area (Å²) in [6, 6.07) is 11.2. The van der Waals surface area contributed by atoms with Crippen molar-refractivity contribution >= 4 is 15.9 Å².